The molecular weight excluding hydrogens is 319 g/mol. The Labute approximate surface area is 146 Å². The normalized spacial score (nSPS) is 16.3. The van der Waals surface area contributed by atoms with Crippen LogP contribution in [0.25, 0.3) is 0 Å². The molecule has 1 aliphatic heterocycles. The van der Waals surface area contributed by atoms with Crippen molar-refractivity contribution in [3.05, 3.63) is 59.9 Å². The number of carbonyl (C=O) groups excluding carboxylic acids is 1. The zero-order chi connectivity index (χ0) is 17.6. The van der Waals surface area contributed by atoms with Gasteiger partial charge in [-0.05, 0) is 54.8 Å². The van der Waals surface area contributed by atoms with E-state index < -0.39 is 0 Å². The Morgan fingerprint density at radius 1 is 1.28 bits per heavy atom. The number of hydrogen-bond donors (Lipinski definition) is 2. The van der Waals surface area contributed by atoms with Gasteiger partial charge in [0.2, 0.25) is 0 Å². The van der Waals surface area contributed by atoms with Gasteiger partial charge in [0.25, 0.3) is 0 Å². The van der Waals surface area contributed by atoms with E-state index in [0.717, 1.165) is 25.2 Å². The van der Waals surface area contributed by atoms with Crippen molar-refractivity contribution in [2.24, 2.45) is 5.92 Å². The summed E-state index contributed by atoms with van der Waals surface area (Å²) in [4.78, 5) is 14.2. The Morgan fingerprint density at radius 3 is 2.84 bits per heavy atom. The largest absolute Gasteiger partial charge is 0.371 e. The number of nitriles is 1. The highest BCUT2D eigenvalue weighted by Gasteiger charge is 2.23. The van der Waals surface area contributed by atoms with E-state index in [1.54, 1.807) is 36.4 Å². The van der Waals surface area contributed by atoms with Gasteiger partial charge >= 0.3 is 6.03 Å². The van der Waals surface area contributed by atoms with Gasteiger partial charge in [0.15, 0.2) is 0 Å². The fourth-order valence-corrected chi connectivity index (χ4v) is 2.96. The zero-order valence-corrected chi connectivity index (χ0v) is 13.7. The Bertz CT molecular complexity index is 785. The molecule has 0 aromatic heterocycles. The molecule has 1 heterocycles. The molecule has 5 nitrogen and oxygen atoms in total. The molecule has 0 radical (unpaired) electrons. The fraction of sp³-hybridized carbons (Fsp3) is 0.263. The molecular formula is C19H19FN4O. The molecule has 0 bridgehead atoms. The minimum absolute atomic E-state index is 0.238. The van der Waals surface area contributed by atoms with E-state index in [-0.39, 0.29) is 11.8 Å². The summed E-state index contributed by atoms with van der Waals surface area (Å²) in [5.74, 6) is 0.111. The first-order chi connectivity index (χ1) is 12.1. The van der Waals surface area contributed by atoms with Gasteiger partial charge in [0.1, 0.15) is 5.82 Å². The fourth-order valence-electron chi connectivity index (χ4n) is 2.96. The monoisotopic (exact) mass is 338 g/mol. The maximum Gasteiger partial charge on any atom is 0.319 e. The average molecular weight is 338 g/mol. The van der Waals surface area contributed by atoms with Crippen molar-refractivity contribution in [3.63, 3.8) is 0 Å². The van der Waals surface area contributed by atoms with Crippen LogP contribution < -0.4 is 15.5 Å². The van der Waals surface area contributed by atoms with Gasteiger partial charge in [-0.1, -0.05) is 6.07 Å². The van der Waals surface area contributed by atoms with Crippen LogP contribution in [0.3, 0.4) is 0 Å². The number of carbonyl (C=O) groups is 1. The van der Waals surface area contributed by atoms with Gasteiger partial charge in [-0.2, -0.15) is 5.26 Å². The number of halogens is 1. The highest BCUT2D eigenvalue weighted by atomic mass is 19.1. The molecule has 2 aromatic rings. The molecule has 1 atom stereocenters. The summed E-state index contributed by atoms with van der Waals surface area (Å²) in [7, 11) is 0. The van der Waals surface area contributed by atoms with Gasteiger partial charge in [-0.25, -0.2) is 9.18 Å². The highest BCUT2D eigenvalue weighted by molar-refractivity contribution is 5.89. The molecule has 2 N–H and O–H groups in total. The van der Waals surface area contributed by atoms with Crippen LogP contribution in [0.5, 0.6) is 0 Å². The number of anilines is 2. The predicted octanol–water partition coefficient (Wildman–Crippen LogP) is 3.35. The lowest BCUT2D eigenvalue weighted by Crippen LogP contribution is -2.34. The lowest BCUT2D eigenvalue weighted by Gasteiger charge is -2.19. The van der Waals surface area contributed by atoms with Gasteiger partial charge in [0, 0.05) is 31.0 Å². The van der Waals surface area contributed by atoms with Crippen molar-refractivity contribution >= 4 is 17.4 Å². The Balaban J connectivity index is 1.46. The van der Waals surface area contributed by atoms with Crippen LogP contribution in [0.1, 0.15) is 12.0 Å². The molecule has 0 spiro atoms. The number of nitrogens with zero attached hydrogens (tertiary/aromatic N) is 2. The summed E-state index contributed by atoms with van der Waals surface area (Å²) in [5, 5.41) is 14.5. The second-order valence-electron chi connectivity index (χ2n) is 6.10. The van der Waals surface area contributed by atoms with E-state index in [2.05, 4.69) is 15.5 Å². The molecule has 1 unspecified atom stereocenters. The van der Waals surface area contributed by atoms with Crippen molar-refractivity contribution in [2.45, 2.75) is 6.42 Å². The van der Waals surface area contributed by atoms with Gasteiger partial charge in [-0.3, -0.25) is 0 Å². The SMILES string of the molecule is N#Cc1cccc(NC(=O)NCC2CCN(c3ccc(F)cc3)C2)c1. The van der Waals surface area contributed by atoms with Crippen molar-refractivity contribution in [3.8, 4) is 6.07 Å². The number of hydrogen-bond acceptors (Lipinski definition) is 3. The lowest BCUT2D eigenvalue weighted by atomic mass is 10.1. The van der Waals surface area contributed by atoms with Crippen LogP contribution in [-0.4, -0.2) is 25.7 Å². The van der Waals surface area contributed by atoms with Crippen LogP contribution in [0.15, 0.2) is 48.5 Å². The van der Waals surface area contributed by atoms with Gasteiger partial charge < -0.3 is 15.5 Å². The third-order valence-corrected chi connectivity index (χ3v) is 4.28. The second kappa shape index (κ2) is 7.67. The van der Waals surface area contributed by atoms with Crippen LogP contribution in [0.2, 0.25) is 0 Å². The molecule has 2 aromatic carbocycles. The topological polar surface area (TPSA) is 68.2 Å². The van der Waals surface area contributed by atoms with Crippen molar-refractivity contribution < 1.29 is 9.18 Å². The first-order valence-electron chi connectivity index (χ1n) is 8.19. The lowest BCUT2D eigenvalue weighted by molar-refractivity contribution is 0.250. The van der Waals surface area contributed by atoms with Crippen molar-refractivity contribution in [2.75, 3.05) is 29.9 Å². The molecule has 128 valence electrons. The maximum absolute atomic E-state index is 13.0. The third kappa shape index (κ3) is 4.48. The Kier molecular flexibility index (Phi) is 5.14. The second-order valence-corrected chi connectivity index (χ2v) is 6.10. The standard InChI is InChI=1S/C19H19FN4O/c20-16-4-6-18(7-5-16)24-9-8-15(13-24)12-22-19(25)23-17-3-1-2-14(10-17)11-21/h1-7,10,15H,8-9,12-13H2,(H2,22,23,25). The van der Waals surface area contributed by atoms with E-state index in [1.165, 1.54) is 12.1 Å². The van der Waals surface area contributed by atoms with Crippen molar-refractivity contribution in [1.29, 1.82) is 5.26 Å². The minimum Gasteiger partial charge on any atom is -0.371 e. The Hall–Kier alpha value is -3.07. The molecule has 0 saturated carbocycles. The molecule has 6 heteroatoms. The van der Waals surface area contributed by atoms with Gasteiger partial charge in [-0.15, -0.1) is 0 Å². The third-order valence-electron chi connectivity index (χ3n) is 4.28. The van der Waals surface area contributed by atoms with E-state index in [4.69, 9.17) is 5.26 Å². The average Bonchev–Trinajstić information content (AvgIpc) is 3.10. The summed E-state index contributed by atoms with van der Waals surface area (Å²) in [5.41, 5.74) is 2.10. The molecule has 1 aliphatic rings. The number of urea groups is 1. The number of benzene rings is 2. The van der Waals surface area contributed by atoms with Crippen LogP contribution in [-0.2, 0) is 0 Å². The minimum atomic E-state index is -0.282. The van der Waals surface area contributed by atoms with E-state index in [1.807, 2.05) is 6.07 Å². The summed E-state index contributed by atoms with van der Waals surface area (Å²) < 4.78 is 13.0. The van der Waals surface area contributed by atoms with Crippen LogP contribution >= 0.6 is 0 Å². The smallest absolute Gasteiger partial charge is 0.319 e. The predicted molar refractivity (Wildman–Crippen MR) is 94.9 cm³/mol. The van der Waals surface area contributed by atoms with E-state index in [9.17, 15) is 9.18 Å². The highest BCUT2D eigenvalue weighted by Crippen LogP contribution is 2.23. The number of nitrogens with one attached hydrogen (secondary N) is 2. The molecule has 0 aliphatic carbocycles. The molecule has 2 amide bonds. The van der Waals surface area contributed by atoms with Gasteiger partial charge in [0.05, 0.1) is 11.6 Å². The first-order valence-corrected chi connectivity index (χ1v) is 8.19. The van der Waals surface area contributed by atoms with Crippen LogP contribution in [0, 0.1) is 23.1 Å². The molecule has 25 heavy (non-hydrogen) atoms. The summed E-state index contributed by atoms with van der Waals surface area (Å²) in [6, 6.07) is 15.0. The molecule has 1 fully saturated rings. The van der Waals surface area contributed by atoms with E-state index >= 15 is 0 Å². The van der Waals surface area contributed by atoms with Crippen LogP contribution in [0.4, 0.5) is 20.6 Å². The summed E-state index contributed by atoms with van der Waals surface area (Å²) >= 11 is 0. The number of rotatable bonds is 4. The zero-order valence-electron chi connectivity index (χ0n) is 13.7. The van der Waals surface area contributed by atoms with Crippen molar-refractivity contribution in [1.82, 2.24) is 5.32 Å². The first kappa shape index (κ1) is 16.8. The van der Waals surface area contributed by atoms with E-state index in [0.29, 0.717) is 23.7 Å². The maximum atomic E-state index is 13.0. The molecule has 3 rings (SSSR count). The Morgan fingerprint density at radius 2 is 2.08 bits per heavy atom. The number of amides is 2. The quantitative estimate of drug-likeness (QED) is 0.898. The summed E-state index contributed by atoms with van der Waals surface area (Å²) in [6.07, 6.45) is 0.974. The molecule has 1 saturated heterocycles. The summed E-state index contributed by atoms with van der Waals surface area (Å²) in [6.45, 7) is 2.29.